The van der Waals surface area contributed by atoms with Crippen molar-refractivity contribution < 1.29 is 4.79 Å². The number of nitrogens with one attached hydrogen (secondary N) is 2. The number of hydrogen-bond acceptors (Lipinski definition) is 3. The van der Waals surface area contributed by atoms with Gasteiger partial charge in [0.1, 0.15) is 0 Å². The molecule has 4 nitrogen and oxygen atoms in total. The van der Waals surface area contributed by atoms with Crippen LogP contribution in [-0.4, -0.2) is 23.5 Å². The van der Waals surface area contributed by atoms with E-state index < -0.39 is 0 Å². The Kier molecular flexibility index (Phi) is 5.07. The Labute approximate surface area is 119 Å². The molecule has 1 heterocycles. The van der Waals surface area contributed by atoms with Crippen LogP contribution < -0.4 is 10.6 Å². The number of hydrogen-bond donors (Lipinski definition) is 2. The summed E-state index contributed by atoms with van der Waals surface area (Å²) in [4.78, 5) is 16.1. The molecular weight excluding hydrogens is 250 g/mol. The van der Waals surface area contributed by atoms with Crippen LogP contribution >= 0.6 is 0 Å². The summed E-state index contributed by atoms with van der Waals surface area (Å²) in [5.74, 6) is 0.0481. The maximum atomic E-state index is 11.9. The third kappa shape index (κ3) is 4.03. The number of anilines is 1. The van der Waals surface area contributed by atoms with Crippen molar-refractivity contribution in [1.82, 2.24) is 10.3 Å². The number of nitrogens with zero attached hydrogens (tertiary/aromatic N) is 1. The number of rotatable bonds is 6. The fraction of sp³-hybridized carbons (Fsp3) is 0.375. The summed E-state index contributed by atoms with van der Waals surface area (Å²) in [6.07, 6.45) is 4.90. The third-order valence-electron chi connectivity index (χ3n) is 3.09. The second-order valence-electron chi connectivity index (χ2n) is 5.16. The Morgan fingerprint density at radius 3 is 2.95 bits per heavy atom. The molecule has 0 atom stereocenters. The second-order valence-corrected chi connectivity index (χ2v) is 5.16. The number of pyridine rings is 1. The van der Waals surface area contributed by atoms with E-state index >= 15 is 0 Å². The van der Waals surface area contributed by atoms with Gasteiger partial charge >= 0.3 is 0 Å². The molecule has 0 radical (unpaired) electrons. The number of carbonyl (C=O) groups is 1. The lowest BCUT2D eigenvalue weighted by molar-refractivity contribution is -0.116. The largest absolute Gasteiger partial charge is 0.325 e. The zero-order chi connectivity index (χ0) is 14.4. The van der Waals surface area contributed by atoms with Crippen LogP contribution in [0.2, 0.25) is 0 Å². The van der Waals surface area contributed by atoms with Crippen LogP contribution in [-0.2, 0) is 4.79 Å². The molecule has 0 aliphatic heterocycles. The van der Waals surface area contributed by atoms with Crippen LogP contribution in [0.15, 0.2) is 36.7 Å². The predicted octanol–water partition coefficient (Wildman–Crippen LogP) is 2.95. The molecule has 1 aromatic heterocycles. The molecule has 0 unspecified atom stereocenters. The van der Waals surface area contributed by atoms with Crippen molar-refractivity contribution in [2.75, 3.05) is 11.9 Å². The number of amides is 1. The van der Waals surface area contributed by atoms with Gasteiger partial charge in [-0.15, -0.1) is 0 Å². The van der Waals surface area contributed by atoms with Crippen LogP contribution in [0, 0.1) is 0 Å². The Hall–Kier alpha value is -1.94. The summed E-state index contributed by atoms with van der Waals surface area (Å²) < 4.78 is 0. The molecule has 0 spiro atoms. The van der Waals surface area contributed by atoms with E-state index in [1.165, 1.54) is 0 Å². The molecule has 0 aliphatic carbocycles. The normalized spacial score (nSPS) is 10.9. The van der Waals surface area contributed by atoms with Crippen LogP contribution in [0.1, 0.15) is 26.7 Å². The summed E-state index contributed by atoms with van der Waals surface area (Å²) in [5, 5.41) is 8.33. The number of benzene rings is 1. The van der Waals surface area contributed by atoms with Crippen molar-refractivity contribution in [2.45, 2.75) is 32.7 Å². The van der Waals surface area contributed by atoms with Gasteiger partial charge in [-0.25, -0.2) is 0 Å². The van der Waals surface area contributed by atoms with Gasteiger partial charge in [0.05, 0.1) is 5.69 Å². The molecule has 2 aromatic rings. The first-order valence-corrected chi connectivity index (χ1v) is 7.03. The summed E-state index contributed by atoms with van der Waals surface area (Å²) in [6.45, 7) is 5.06. The molecule has 0 bridgehead atoms. The topological polar surface area (TPSA) is 54.0 Å². The van der Waals surface area contributed by atoms with Gasteiger partial charge in [0.15, 0.2) is 0 Å². The Bertz CT molecular complexity index is 575. The quantitative estimate of drug-likeness (QED) is 0.794. The molecule has 20 heavy (non-hydrogen) atoms. The lowest BCUT2D eigenvalue weighted by Crippen LogP contribution is -2.24. The fourth-order valence-corrected chi connectivity index (χ4v) is 2.07. The van der Waals surface area contributed by atoms with Crippen LogP contribution in [0.4, 0.5) is 5.69 Å². The van der Waals surface area contributed by atoms with Gasteiger partial charge in [0.25, 0.3) is 0 Å². The summed E-state index contributed by atoms with van der Waals surface area (Å²) >= 11 is 0. The highest BCUT2D eigenvalue weighted by atomic mass is 16.1. The van der Waals surface area contributed by atoms with E-state index in [4.69, 9.17) is 0 Å². The van der Waals surface area contributed by atoms with E-state index in [1.807, 2.05) is 24.3 Å². The summed E-state index contributed by atoms with van der Waals surface area (Å²) in [7, 11) is 0. The molecule has 1 aromatic carbocycles. The van der Waals surface area contributed by atoms with Gasteiger partial charge in [-0.3, -0.25) is 9.78 Å². The van der Waals surface area contributed by atoms with Gasteiger partial charge in [-0.1, -0.05) is 26.0 Å². The first kappa shape index (κ1) is 14.5. The summed E-state index contributed by atoms with van der Waals surface area (Å²) in [6, 6.07) is 8.27. The highest BCUT2D eigenvalue weighted by Gasteiger charge is 2.05. The maximum Gasteiger partial charge on any atom is 0.224 e. The molecular formula is C16H21N3O. The summed E-state index contributed by atoms with van der Waals surface area (Å²) in [5.41, 5.74) is 0.831. The fourth-order valence-electron chi connectivity index (χ4n) is 2.07. The molecule has 0 aliphatic rings. The van der Waals surface area contributed by atoms with Crippen molar-refractivity contribution in [3.63, 3.8) is 0 Å². The van der Waals surface area contributed by atoms with Crippen molar-refractivity contribution in [3.8, 4) is 0 Å². The molecule has 2 N–H and O–H groups in total. The highest BCUT2D eigenvalue weighted by Crippen LogP contribution is 2.22. The van der Waals surface area contributed by atoms with Gasteiger partial charge < -0.3 is 10.6 Å². The van der Waals surface area contributed by atoms with Crippen LogP contribution in [0.5, 0.6) is 0 Å². The van der Waals surface area contributed by atoms with Crippen molar-refractivity contribution in [1.29, 1.82) is 0 Å². The Balaban J connectivity index is 1.93. The first-order valence-electron chi connectivity index (χ1n) is 7.03. The molecule has 4 heteroatoms. The van der Waals surface area contributed by atoms with E-state index in [9.17, 15) is 4.79 Å². The smallest absolute Gasteiger partial charge is 0.224 e. The monoisotopic (exact) mass is 271 g/mol. The first-order chi connectivity index (χ1) is 9.66. The highest BCUT2D eigenvalue weighted by molar-refractivity contribution is 6.01. The zero-order valence-electron chi connectivity index (χ0n) is 12.0. The Morgan fingerprint density at radius 2 is 2.15 bits per heavy atom. The van der Waals surface area contributed by atoms with E-state index in [0.717, 1.165) is 29.4 Å². The average Bonchev–Trinajstić information content (AvgIpc) is 2.44. The molecule has 0 fully saturated rings. The lowest BCUT2D eigenvalue weighted by Gasteiger charge is -2.09. The van der Waals surface area contributed by atoms with Crippen molar-refractivity contribution in [2.24, 2.45) is 0 Å². The number of carbonyl (C=O) groups excluding carboxylic acids is 1. The maximum absolute atomic E-state index is 11.9. The number of fused-ring (bicyclic) bond motifs is 1. The second kappa shape index (κ2) is 7.01. The lowest BCUT2D eigenvalue weighted by atomic mass is 10.1. The third-order valence-corrected chi connectivity index (χ3v) is 3.09. The molecule has 106 valence electrons. The van der Waals surface area contributed by atoms with E-state index in [0.29, 0.717) is 12.5 Å². The van der Waals surface area contributed by atoms with E-state index in [2.05, 4.69) is 29.5 Å². The van der Waals surface area contributed by atoms with Crippen LogP contribution in [0.3, 0.4) is 0 Å². The van der Waals surface area contributed by atoms with Crippen molar-refractivity contribution >= 4 is 22.4 Å². The standard InChI is InChI=1S/C16H21N3O/c1-12(2)18-9-4-7-16(20)19-15-6-3-5-13-8-10-17-11-14(13)15/h3,5-6,8,10-12,18H,4,7,9H2,1-2H3,(H,19,20). The minimum atomic E-state index is 0.0481. The van der Waals surface area contributed by atoms with Gasteiger partial charge in [-0.2, -0.15) is 0 Å². The Morgan fingerprint density at radius 1 is 1.30 bits per heavy atom. The van der Waals surface area contributed by atoms with E-state index in [1.54, 1.807) is 12.4 Å². The SMILES string of the molecule is CC(C)NCCCC(=O)Nc1cccc2ccncc12. The van der Waals surface area contributed by atoms with E-state index in [-0.39, 0.29) is 5.91 Å². The minimum Gasteiger partial charge on any atom is -0.325 e. The predicted molar refractivity (Wildman–Crippen MR) is 82.7 cm³/mol. The van der Waals surface area contributed by atoms with Crippen molar-refractivity contribution in [3.05, 3.63) is 36.7 Å². The van der Waals surface area contributed by atoms with Gasteiger partial charge in [0, 0.05) is 30.2 Å². The minimum absolute atomic E-state index is 0.0481. The number of aromatic nitrogens is 1. The molecule has 0 saturated heterocycles. The van der Waals surface area contributed by atoms with Gasteiger partial charge in [-0.05, 0) is 30.5 Å². The molecule has 1 amide bonds. The molecule has 2 rings (SSSR count). The zero-order valence-corrected chi connectivity index (χ0v) is 12.0. The molecule has 0 saturated carbocycles. The van der Waals surface area contributed by atoms with Gasteiger partial charge in [0.2, 0.25) is 5.91 Å². The van der Waals surface area contributed by atoms with Crippen LogP contribution in [0.25, 0.3) is 10.8 Å². The average molecular weight is 271 g/mol.